The van der Waals surface area contributed by atoms with Gasteiger partial charge in [-0.3, -0.25) is 0 Å². The molecule has 0 rings (SSSR count). The lowest BCUT2D eigenvalue weighted by Gasteiger charge is -2.07. The molecule has 0 saturated carbocycles. The van der Waals surface area contributed by atoms with Gasteiger partial charge in [0.25, 0.3) is 0 Å². The van der Waals surface area contributed by atoms with Gasteiger partial charge in [0, 0.05) is 5.92 Å². The first-order valence-electron chi connectivity index (χ1n) is 5.34. The molecule has 2 unspecified atom stereocenters. The molecule has 0 aromatic rings. The molecule has 0 aromatic carbocycles. The molecule has 76 valence electrons. The zero-order valence-corrected chi connectivity index (χ0v) is 9.12. The molecule has 0 bridgehead atoms. The van der Waals surface area contributed by atoms with Crippen molar-refractivity contribution in [3.05, 3.63) is 12.2 Å². The van der Waals surface area contributed by atoms with Crippen LogP contribution in [0.2, 0.25) is 0 Å². The summed E-state index contributed by atoms with van der Waals surface area (Å²) in [5.74, 6) is 0.543. The van der Waals surface area contributed by atoms with Crippen LogP contribution in [-0.2, 0) is 4.79 Å². The number of aldehydes is 1. The molecule has 0 saturated heterocycles. The molecule has 0 amide bonds. The Morgan fingerprint density at radius 1 is 1.15 bits per heavy atom. The van der Waals surface area contributed by atoms with Gasteiger partial charge in [0.15, 0.2) is 0 Å². The minimum absolute atomic E-state index is 0.155. The Labute approximate surface area is 82.2 Å². The lowest BCUT2D eigenvalue weighted by Crippen LogP contribution is -2.05. The van der Waals surface area contributed by atoms with E-state index in [4.69, 9.17) is 0 Å². The Morgan fingerprint density at radius 3 is 2.38 bits per heavy atom. The summed E-state index contributed by atoms with van der Waals surface area (Å²) in [6.45, 7) is 6.27. The van der Waals surface area contributed by atoms with Gasteiger partial charge in [0.1, 0.15) is 6.29 Å². The third kappa shape index (κ3) is 6.56. The largest absolute Gasteiger partial charge is 0.303 e. The van der Waals surface area contributed by atoms with Gasteiger partial charge >= 0.3 is 0 Å². The van der Waals surface area contributed by atoms with Crippen molar-refractivity contribution in [2.24, 2.45) is 11.8 Å². The summed E-state index contributed by atoms with van der Waals surface area (Å²) >= 11 is 0. The zero-order valence-electron chi connectivity index (χ0n) is 9.12. The van der Waals surface area contributed by atoms with Crippen molar-refractivity contribution in [1.82, 2.24) is 0 Å². The predicted molar refractivity (Wildman–Crippen MR) is 57.7 cm³/mol. The number of carbonyl (C=O) groups is 1. The summed E-state index contributed by atoms with van der Waals surface area (Å²) in [5, 5.41) is 0. The summed E-state index contributed by atoms with van der Waals surface area (Å²) in [4.78, 5) is 10.4. The van der Waals surface area contributed by atoms with Crippen LogP contribution < -0.4 is 0 Å². The van der Waals surface area contributed by atoms with Crippen molar-refractivity contribution >= 4 is 6.29 Å². The number of rotatable bonds is 7. The van der Waals surface area contributed by atoms with E-state index in [0.29, 0.717) is 5.92 Å². The van der Waals surface area contributed by atoms with Gasteiger partial charge in [-0.25, -0.2) is 0 Å². The van der Waals surface area contributed by atoms with E-state index in [-0.39, 0.29) is 5.92 Å². The third-order valence-corrected chi connectivity index (χ3v) is 2.46. The van der Waals surface area contributed by atoms with Crippen LogP contribution >= 0.6 is 0 Å². The van der Waals surface area contributed by atoms with Crippen LogP contribution in [-0.4, -0.2) is 6.29 Å². The standard InChI is InChI=1S/C12H22O/c1-4-5-6-7-8-9-11(2)12(3)10-13/h8-12H,4-7H2,1-3H3. The van der Waals surface area contributed by atoms with Crippen LogP contribution in [0, 0.1) is 11.8 Å². The zero-order chi connectivity index (χ0) is 10.1. The normalized spacial score (nSPS) is 15.9. The molecule has 0 spiro atoms. The Morgan fingerprint density at radius 2 is 1.85 bits per heavy atom. The molecule has 0 radical (unpaired) electrons. The Hall–Kier alpha value is -0.590. The fraction of sp³-hybridized carbons (Fsp3) is 0.750. The summed E-state index contributed by atoms with van der Waals surface area (Å²) in [6.07, 6.45) is 10.4. The minimum Gasteiger partial charge on any atom is -0.303 e. The van der Waals surface area contributed by atoms with Gasteiger partial charge in [-0.1, -0.05) is 45.8 Å². The highest BCUT2D eigenvalue weighted by Crippen LogP contribution is 2.10. The first-order chi connectivity index (χ1) is 6.22. The Kier molecular flexibility index (Phi) is 7.66. The molecule has 0 fully saturated rings. The van der Waals surface area contributed by atoms with Gasteiger partial charge in [0.05, 0.1) is 0 Å². The second kappa shape index (κ2) is 8.03. The topological polar surface area (TPSA) is 17.1 Å². The van der Waals surface area contributed by atoms with Crippen LogP contribution in [0.3, 0.4) is 0 Å². The summed E-state index contributed by atoms with van der Waals surface area (Å²) in [5.41, 5.74) is 0. The molecule has 0 N–H and O–H groups in total. The van der Waals surface area contributed by atoms with Gasteiger partial charge in [-0.05, 0) is 18.8 Å². The maximum atomic E-state index is 10.4. The maximum absolute atomic E-state index is 10.4. The molecular weight excluding hydrogens is 160 g/mol. The predicted octanol–water partition coefficient (Wildman–Crippen LogP) is 3.59. The van der Waals surface area contributed by atoms with Gasteiger partial charge in [-0.15, -0.1) is 0 Å². The highest BCUT2D eigenvalue weighted by atomic mass is 16.1. The molecule has 0 aliphatic heterocycles. The van der Waals surface area contributed by atoms with E-state index >= 15 is 0 Å². The van der Waals surface area contributed by atoms with Crippen LogP contribution in [0.4, 0.5) is 0 Å². The highest BCUT2D eigenvalue weighted by Gasteiger charge is 2.05. The van der Waals surface area contributed by atoms with Crippen molar-refractivity contribution in [3.8, 4) is 0 Å². The smallest absolute Gasteiger partial charge is 0.123 e. The molecule has 13 heavy (non-hydrogen) atoms. The molecule has 1 heteroatoms. The number of allylic oxidation sites excluding steroid dienone is 2. The second-order valence-electron chi connectivity index (χ2n) is 3.78. The number of hydrogen-bond acceptors (Lipinski definition) is 1. The van der Waals surface area contributed by atoms with E-state index in [2.05, 4.69) is 26.0 Å². The molecular formula is C12H22O. The lowest BCUT2D eigenvalue weighted by atomic mass is 9.97. The first kappa shape index (κ1) is 12.4. The van der Waals surface area contributed by atoms with Gasteiger partial charge in [-0.2, -0.15) is 0 Å². The summed E-state index contributed by atoms with van der Waals surface area (Å²) in [6, 6.07) is 0. The van der Waals surface area contributed by atoms with E-state index in [1.165, 1.54) is 19.3 Å². The van der Waals surface area contributed by atoms with Gasteiger partial charge in [0.2, 0.25) is 0 Å². The maximum Gasteiger partial charge on any atom is 0.123 e. The van der Waals surface area contributed by atoms with Crippen molar-refractivity contribution in [3.63, 3.8) is 0 Å². The quantitative estimate of drug-likeness (QED) is 0.334. The van der Waals surface area contributed by atoms with E-state index in [9.17, 15) is 4.79 Å². The molecule has 0 aromatic heterocycles. The van der Waals surface area contributed by atoms with E-state index in [0.717, 1.165) is 12.7 Å². The van der Waals surface area contributed by atoms with Crippen molar-refractivity contribution in [2.75, 3.05) is 0 Å². The number of hydrogen-bond donors (Lipinski definition) is 0. The number of carbonyl (C=O) groups excluding carboxylic acids is 1. The fourth-order valence-corrected chi connectivity index (χ4v) is 1.12. The molecule has 0 heterocycles. The molecule has 0 aliphatic carbocycles. The molecule has 1 nitrogen and oxygen atoms in total. The highest BCUT2D eigenvalue weighted by molar-refractivity contribution is 5.53. The SMILES string of the molecule is CCCCCC=CC(C)C(C)C=O. The van der Waals surface area contributed by atoms with Crippen LogP contribution in [0.5, 0.6) is 0 Å². The fourth-order valence-electron chi connectivity index (χ4n) is 1.12. The monoisotopic (exact) mass is 182 g/mol. The average Bonchev–Trinajstić information content (AvgIpc) is 2.16. The second-order valence-corrected chi connectivity index (χ2v) is 3.78. The Bertz CT molecular complexity index is 149. The van der Waals surface area contributed by atoms with Crippen molar-refractivity contribution < 1.29 is 4.79 Å². The van der Waals surface area contributed by atoms with Crippen LogP contribution in [0.1, 0.15) is 46.5 Å². The number of unbranched alkanes of at least 4 members (excludes halogenated alkanes) is 3. The lowest BCUT2D eigenvalue weighted by molar-refractivity contribution is -0.111. The van der Waals surface area contributed by atoms with E-state index in [1.54, 1.807) is 0 Å². The third-order valence-electron chi connectivity index (χ3n) is 2.46. The molecule has 2 atom stereocenters. The summed E-state index contributed by atoms with van der Waals surface area (Å²) in [7, 11) is 0. The molecule has 0 aliphatic rings. The first-order valence-corrected chi connectivity index (χ1v) is 5.34. The van der Waals surface area contributed by atoms with Gasteiger partial charge < -0.3 is 4.79 Å². The summed E-state index contributed by atoms with van der Waals surface area (Å²) < 4.78 is 0. The van der Waals surface area contributed by atoms with Crippen LogP contribution in [0.25, 0.3) is 0 Å². The Balaban J connectivity index is 3.52. The van der Waals surface area contributed by atoms with Crippen molar-refractivity contribution in [2.45, 2.75) is 46.5 Å². The van der Waals surface area contributed by atoms with E-state index < -0.39 is 0 Å². The van der Waals surface area contributed by atoms with Crippen LogP contribution in [0.15, 0.2) is 12.2 Å². The van der Waals surface area contributed by atoms with Crippen molar-refractivity contribution in [1.29, 1.82) is 0 Å². The van der Waals surface area contributed by atoms with E-state index in [1.807, 2.05) is 6.92 Å². The average molecular weight is 182 g/mol. The minimum atomic E-state index is 0.155.